The van der Waals surface area contributed by atoms with Crippen LogP contribution in [0.4, 0.5) is 0 Å². The molecule has 0 radical (unpaired) electrons. The summed E-state index contributed by atoms with van der Waals surface area (Å²) in [6.07, 6.45) is 9.52. The third-order valence-electron chi connectivity index (χ3n) is 6.36. The van der Waals surface area contributed by atoms with Crippen molar-refractivity contribution in [3.63, 3.8) is 0 Å². The normalized spacial score (nSPS) is 32.4. The van der Waals surface area contributed by atoms with Crippen LogP contribution in [0.3, 0.4) is 0 Å². The van der Waals surface area contributed by atoms with Gasteiger partial charge in [0.1, 0.15) is 0 Å². The number of aromatic nitrogens is 2. The van der Waals surface area contributed by atoms with Gasteiger partial charge in [0.2, 0.25) is 0 Å². The van der Waals surface area contributed by atoms with E-state index in [-0.39, 0.29) is 5.56 Å². The molecule has 24 heavy (non-hydrogen) atoms. The fourth-order valence-electron chi connectivity index (χ4n) is 5.79. The van der Waals surface area contributed by atoms with E-state index >= 15 is 0 Å². The molecule has 4 heteroatoms. The predicted molar refractivity (Wildman–Crippen MR) is 96.0 cm³/mol. The number of aryl methyl sites for hydroxylation is 2. The minimum atomic E-state index is 0.0847. The van der Waals surface area contributed by atoms with Crippen LogP contribution in [0.5, 0.6) is 0 Å². The van der Waals surface area contributed by atoms with E-state index < -0.39 is 0 Å². The lowest BCUT2D eigenvalue weighted by molar-refractivity contribution is 0.119. The van der Waals surface area contributed by atoms with Crippen LogP contribution in [0, 0.1) is 10.8 Å². The Bertz CT molecular complexity index is 693. The van der Waals surface area contributed by atoms with Crippen LogP contribution in [-0.4, -0.2) is 27.3 Å². The third-order valence-corrected chi connectivity index (χ3v) is 6.36. The Hall–Kier alpha value is -1.16. The van der Waals surface area contributed by atoms with Gasteiger partial charge in [-0.1, -0.05) is 27.2 Å². The first kappa shape index (κ1) is 16.3. The van der Waals surface area contributed by atoms with Gasteiger partial charge in [0, 0.05) is 18.7 Å². The minimum Gasteiger partial charge on any atom is -0.281 e. The van der Waals surface area contributed by atoms with Crippen molar-refractivity contribution in [2.24, 2.45) is 10.8 Å². The van der Waals surface area contributed by atoms with E-state index in [1.54, 1.807) is 4.68 Å². The van der Waals surface area contributed by atoms with Gasteiger partial charge in [0.25, 0.3) is 5.56 Å². The van der Waals surface area contributed by atoms with E-state index in [0.29, 0.717) is 23.5 Å². The summed E-state index contributed by atoms with van der Waals surface area (Å²) in [4.78, 5) is 15.1. The number of fused-ring (bicyclic) bond motifs is 3. The number of nitrogens with zero attached hydrogens (tertiary/aromatic N) is 3. The molecule has 2 heterocycles. The molecule has 1 aromatic heterocycles. The lowest BCUT2D eigenvalue weighted by Crippen LogP contribution is -2.38. The smallest absolute Gasteiger partial charge is 0.268 e. The van der Waals surface area contributed by atoms with Crippen molar-refractivity contribution in [1.82, 2.24) is 14.7 Å². The highest BCUT2D eigenvalue weighted by Gasteiger charge is 2.49. The maximum Gasteiger partial charge on any atom is 0.268 e. The molecule has 1 aliphatic heterocycles. The Kier molecular flexibility index (Phi) is 3.87. The van der Waals surface area contributed by atoms with Gasteiger partial charge in [-0.25, -0.2) is 4.68 Å². The molecule has 1 aromatic rings. The molecule has 2 atom stereocenters. The zero-order valence-electron chi connectivity index (χ0n) is 15.5. The molecule has 0 amide bonds. The van der Waals surface area contributed by atoms with Crippen molar-refractivity contribution in [2.75, 3.05) is 6.54 Å². The molecule has 2 bridgehead atoms. The van der Waals surface area contributed by atoms with E-state index in [1.807, 2.05) is 6.07 Å². The van der Waals surface area contributed by atoms with Crippen LogP contribution in [0.25, 0.3) is 0 Å². The van der Waals surface area contributed by atoms with Crippen LogP contribution in [0.15, 0.2) is 10.9 Å². The van der Waals surface area contributed by atoms with Gasteiger partial charge in [0.05, 0.1) is 12.4 Å². The fourth-order valence-corrected chi connectivity index (χ4v) is 5.79. The first-order chi connectivity index (χ1) is 11.3. The van der Waals surface area contributed by atoms with Crippen molar-refractivity contribution in [3.8, 4) is 0 Å². The molecule has 0 spiro atoms. The lowest BCUT2D eigenvalue weighted by Gasteiger charge is -2.39. The van der Waals surface area contributed by atoms with Gasteiger partial charge in [-0.05, 0) is 61.3 Å². The maximum atomic E-state index is 12.6. The van der Waals surface area contributed by atoms with Crippen molar-refractivity contribution >= 4 is 0 Å². The van der Waals surface area contributed by atoms with Gasteiger partial charge in [-0.2, -0.15) is 5.10 Å². The lowest BCUT2D eigenvalue weighted by atomic mass is 9.65. The molecule has 132 valence electrons. The Morgan fingerprint density at radius 3 is 2.79 bits per heavy atom. The van der Waals surface area contributed by atoms with Gasteiger partial charge >= 0.3 is 0 Å². The zero-order chi connectivity index (χ0) is 16.9. The average molecular weight is 329 g/mol. The molecule has 2 aliphatic carbocycles. The SMILES string of the molecule is CC1(C)C[C@H]2C[C@](C)(CN2Cn2nc3c(cc2=O)CCCCC3)C1. The minimum absolute atomic E-state index is 0.0847. The largest absolute Gasteiger partial charge is 0.281 e. The molecule has 0 unspecified atom stereocenters. The molecular formula is C20H31N3O. The summed E-state index contributed by atoms with van der Waals surface area (Å²) in [6.45, 7) is 8.99. The second-order valence-corrected chi connectivity index (χ2v) is 9.62. The van der Waals surface area contributed by atoms with E-state index in [4.69, 9.17) is 5.10 Å². The second kappa shape index (κ2) is 5.69. The molecule has 1 saturated heterocycles. The zero-order valence-corrected chi connectivity index (χ0v) is 15.5. The summed E-state index contributed by atoms with van der Waals surface area (Å²) >= 11 is 0. The summed E-state index contributed by atoms with van der Waals surface area (Å²) in [5, 5.41) is 4.77. The number of hydrogen-bond donors (Lipinski definition) is 0. The topological polar surface area (TPSA) is 38.1 Å². The van der Waals surface area contributed by atoms with Gasteiger partial charge in [0.15, 0.2) is 0 Å². The van der Waals surface area contributed by atoms with Crippen LogP contribution < -0.4 is 5.56 Å². The van der Waals surface area contributed by atoms with E-state index in [2.05, 4.69) is 25.7 Å². The highest BCUT2D eigenvalue weighted by Crippen LogP contribution is 2.52. The number of rotatable bonds is 2. The van der Waals surface area contributed by atoms with Gasteiger partial charge in [-0.3, -0.25) is 9.69 Å². The Balaban J connectivity index is 1.58. The monoisotopic (exact) mass is 329 g/mol. The molecular weight excluding hydrogens is 298 g/mol. The molecule has 1 saturated carbocycles. The van der Waals surface area contributed by atoms with Crippen molar-refractivity contribution in [2.45, 2.75) is 84.8 Å². The van der Waals surface area contributed by atoms with Crippen molar-refractivity contribution in [1.29, 1.82) is 0 Å². The van der Waals surface area contributed by atoms with E-state index in [0.717, 1.165) is 19.4 Å². The van der Waals surface area contributed by atoms with E-state index in [9.17, 15) is 4.79 Å². The first-order valence-corrected chi connectivity index (χ1v) is 9.68. The maximum absolute atomic E-state index is 12.6. The Labute approximate surface area is 145 Å². The summed E-state index contributed by atoms with van der Waals surface area (Å²) in [6, 6.07) is 2.47. The Morgan fingerprint density at radius 1 is 1.17 bits per heavy atom. The first-order valence-electron chi connectivity index (χ1n) is 9.68. The molecule has 0 aromatic carbocycles. The highest BCUT2D eigenvalue weighted by molar-refractivity contribution is 5.19. The van der Waals surface area contributed by atoms with Crippen molar-refractivity contribution in [3.05, 3.63) is 27.7 Å². The quantitative estimate of drug-likeness (QED) is 0.781. The second-order valence-electron chi connectivity index (χ2n) is 9.62. The molecule has 4 nitrogen and oxygen atoms in total. The standard InChI is InChI=1S/C20H31N3O/c1-19(2)10-16-11-20(3,12-19)13-22(16)14-23-18(24)9-15-7-5-4-6-8-17(15)21-23/h9,16H,4-8,10-14H2,1-3H3/t16-,20-/m0/s1. The third kappa shape index (κ3) is 3.05. The van der Waals surface area contributed by atoms with Gasteiger partial charge in [-0.15, -0.1) is 0 Å². The number of likely N-dealkylation sites (tertiary alicyclic amines) is 1. The van der Waals surface area contributed by atoms with Crippen LogP contribution >= 0.6 is 0 Å². The predicted octanol–water partition coefficient (Wildman–Crippen LogP) is 3.37. The van der Waals surface area contributed by atoms with Crippen molar-refractivity contribution < 1.29 is 0 Å². The summed E-state index contributed by atoms with van der Waals surface area (Å²) < 4.78 is 1.74. The van der Waals surface area contributed by atoms with Crippen LogP contribution in [0.1, 0.15) is 70.6 Å². The summed E-state index contributed by atoms with van der Waals surface area (Å²) in [5.74, 6) is 0. The average Bonchev–Trinajstić information content (AvgIpc) is 2.62. The van der Waals surface area contributed by atoms with Gasteiger partial charge < -0.3 is 0 Å². The van der Waals surface area contributed by atoms with Crippen LogP contribution in [-0.2, 0) is 19.5 Å². The molecule has 4 rings (SSSR count). The summed E-state index contributed by atoms with van der Waals surface area (Å²) in [5.41, 5.74) is 3.27. The summed E-state index contributed by atoms with van der Waals surface area (Å²) in [7, 11) is 0. The van der Waals surface area contributed by atoms with E-state index in [1.165, 1.54) is 49.8 Å². The molecule has 0 N–H and O–H groups in total. The fraction of sp³-hybridized carbons (Fsp3) is 0.800. The highest BCUT2D eigenvalue weighted by atomic mass is 16.1. The molecule has 3 aliphatic rings. The molecule has 2 fully saturated rings. The van der Waals surface area contributed by atoms with Crippen LogP contribution in [0.2, 0.25) is 0 Å². The Morgan fingerprint density at radius 2 is 1.96 bits per heavy atom. The number of hydrogen-bond acceptors (Lipinski definition) is 3.